The molecule has 0 spiro atoms. The third-order valence-electron chi connectivity index (χ3n) is 6.75. The Morgan fingerprint density at radius 1 is 0.771 bits per heavy atom. The van der Waals surface area contributed by atoms with Crippen LogP contribution in [0.2, 0.25) is 0 Å². The topological polar surface area (TPSA) is 66.9 Å². The van der Waals surface area contributed by atoms with Gasteiger partial charge in [-0.15, -0.1) is 0 Å². The Kier molecular flexibility index (Phi) is 9.27. The molecule has 4 rings (SSSR count). The minimum Gasteiger partial charge on any atom is -0.349 e. The molecule has 2 aromatic carbocycles. The number of carbonyl (C=O) groups excluding carboxylic acids is 1. The maximum Gasteiger partial charge on any atom is 0.251 e. The van der Waals surface area contributed by atoms with E-state index in [0.29, 0.717) is 17.2 Å². The predicted octanol–water partition coefficient (Wildman–Crippen LogP) is 7.60. The average molecular weight is 471 g/mol. The Morgan fingerprint density at radius 2 is 1.43 bits per heavy atom. The number of anilines is 2. The predicted molar refractivity (Wildman–Crippen MR) is 144 cm³/mol. The molecule has 1 aromatic heterocycles. The number of nitrogens with zero attached hydrogens (tertiary/aromatic N) is 2. The number of amides is 1. The summed E-state index contributed by atoms with van der Waals surface area (Å²) in [5.41, 5.74) is 3.44. The Balaban J connectivity index is 1.42. The maximum atomic E-state index is 13.1. The summed E-state index contributed by atoms with van der Waals surface area (Å²) < 4.78 is 0. The fraction of sp³-hybridized carbons (Fsp3) is 0.433. The van der Waals surface area contributed by atoms with E-state index in [0.717, 1.165) is 29.8 Å². The fourth-order valence-corrected chi connectivity index (χ4v) is 4.85. The van der Waals surface area contributed by atoms with Crippen LogP contribution in [0.3, 0.4) is 0 Å². The van der Waals surface area contributed by atoms with Crippen LogP contribution in [0.15, 0.2) is 60.7 Å². The zero-order valence-electron chi connectivity index (χ0n) is 20.9. The molecular formula is C30H38N4O. The van der Waals surface area contributed by atoms with Gasteiger partial charge in [-0.1, -0.05) is 94.2 Å². The van der Waals surface area contributed by atoms with Gasteiger partial charge in [-0.3, -0.25) is 4.79 Å². The molecule has 0 aliphatic heterocycles. The molecule has 184 valence electrons. The summed E-state index contributed by atoms with van der Waals surface area (Å²) in [5.74, 6) is 1.42. The summed E-state index contributed by atoms with van der Waals surface area (Å²) in [4.78, 5) is 22.3. The number of hydrogen-bond donors (Lipinski definition) is 2. The number of carbonyl (C=O) groups is 1. The van der Waals surface area contributed by atoms with Crippen LogP contribution in [0, 0.1) is 6.92 Å². The second-order valence-corrected chi connectivity index (χ2v) is 9.69. The molecule has 1 aliphatic carbocycles. The van der Waals surface area contributed by atoms with Crippen LogP contribution in [0.1, 0.15) is 86.8 Å². The standard InChI is InChI=1S/C30H38N4O/c1-23-31-28(24-15-10-9-11-16-24)22-29(32-23)33-27-20-14-17-25(21-27)30(35)34-26-18-12-7-5-3-2-4-6-8-13-19-26/h9-11,14-17,20-22,26H,2-8,12-13,18-19H2,1H3,(H,34,35)(H,31,32,33). The van der Waals surface area contributed by atoms with Gasteiger partial charge in [0.25, 0.3) is 5.91 Å². The lowest BCUT2D eigenvalue weighted by molar-refractivity contribution is 0.0931. The van der Waals surface area contributed by atoms with Gasteiger partial charge in [0.15, 0.2) is 0 Å². The second kappa shape index (κ2) is 13.0. The highest BCUT2D eigenvalue weighted by atomic mass is 16.1. The first-order valence-corrected chi connectivity index (χ1v) is 13.3. The molecule has 3 aromatic rings. The summed E-state index contributed by atoms with van der Waals surface area (Å²) in [5, 5.41) is 6.69. The smallest absolute Gasteiger partial charge is 0.251 e. The van der Waals surface area contributed by atoms with Crippen LogP contribution in [-0.4, -0.2) is 21.9 Å². The lowest BCUT2D eigenvalue weighted by Crippen LogP contribution is -2.35. The highest BCUT2D eigenvalue weighted by Gasteiger charge is 2.15. The van der Waals surface area contributed by atoms with Gasteiger partial charge < -0.3 is 10.6 Å². The Morgan fingerprint density at radius 3 is 2.11 bits per heavy atom. The van der Waals surface area contributed by atoms with Gasteiger partial charge in [-0.2, -0.15) is 0 Å². The van der Waals surface area contributed by atoms with Crippen molar-refractivity contribution in [3.8, 4) is 11.3 Å². The van der Waals surface area contributed by atoms with Gasteiger partial charge >= 0.3 is 0 Å². The minimum absolute atomic E-state index is 0.00888. The molecule has 1 fully saturated rings. The van der Waals surface area contributed by atoms with Gasteiger partial charge in [-0.25, -0.2) is 9.97 Å². The van der Waals surface area contributed by atoms with Crippen molar-refractivity contribution in [1.29, 1.82) is 0 Å². The highest BCUT2D eigenvalue weighted by Crippen LogP contribution is 2.23. The van der Waals surface area contributed by atoms with Crippen LogP contribution in [0.4, 0.5) is 11.5 Å². The van der Waals surface area contributed by atoms with Crippen LogP contribution < -0.4 is 10.6 Å². The zero-order chi connectivity index (χ0) is 24.3. The summed E-state index contributed by atoms with van der Waals surface area (Å²) in [7, 11) is 0. The van der Waals surface area contributed by atoms with Crippen molar-refractivity contribution < 1.29 is 4.79 Å². The number of hydrogen-bond acceptors (Lipinski definition) is 4. The summed E-state index contributed by atoms with van der Waals surface area (Å²) >= 11 is 0. The Hall–Kier alpha value is -3.21. The number of nitrogens with one attached hydrogen (secondary N) is 2. The second-order valence-electron chi connectivity index (χ2n) is 9.69. The van der Waals surface area contributed by atoms with E-state index >= 15 is 0 Å². The summed E-state index contributed by atoms with van der Waals surface area (Å²) in [6, 6.07) is 20.0. The van der Waals surface area contributed by atoms with Crippen LogP contribution in [-0.2, 0) is 0 Å². The van der Waals surface area contributed by atoms with Crippen molar-refractivity contribution in [2.24, 2.45) is 0 Å². The molecule has 1 amide bonds. The zero-order valence-corrected chi connectivity index (χ0v) is 20.9. The first-order chi connectivity index (χ1) is 17.2. The maximum absolute atomic E-state index is 13.1. The molecule has 0 bridgehead atoms. The van der Waals surface area contributed by atoms with E-state index in [1.54, 1.807) is 0 Å². The summed E-state index contributed by atoms with van der Waals surface area (Å²) in [6.07, 6.45) is 13.8. The van der Waals surface area contributed by atoms with Crippen molar-refractivity contribution in [3.05, 3.63) is 72.1 Å². The van der Waals surface area contributed by atoms with Gasteiger partial charge in [0, 0.05) is 28.9 Å². The molecule has 1 heterocycles. The third-order valence-corrected chi connectivity index (χ3v) is 6.75. The van der Waals surface area contributed by atoms with Crippen LogP contribution in [0.5, 0.6) is 0 Å². The first-order valence-electron chi connectivity index (χ1n) is 13.3. The van der Waals surface area contributed by atoms with Gasteiger partial charge in [0.2, 0.25) is 0 Å². The molecule has 0 radical (unpaired) electrons. The largest absolute Gasteiger partial charge is 0.349 e. The van der Waals surface area contributed by atoms with E-state index in [2.05, 4.69) is 20.6 Å². The van der Waals surface area contributed by atoms with Crippen LogP contribution >= 0.6 is 0 Å². The van der Waals surface area contributed by atoms with E-state index < -0.39 is 0 Å². The quantitative estimate of drug-likeness (QED) is 0.403. The molecule has 0 saturated heterocycles. The van der Waals surface area contributed by atoms with Crippen molar-refractivity contribution in [2.45, 2.75) is 83.6 Å². The molecule has 2 N–H and O–H groups in total. The number of aromatic nitrogens is 2. The molecule has 5 heteroatoms. The number of aryl methyl sites for hydroxylation is 1. The normalized spacial score (nSPS) is 16.0. The SMILES string of the molecule is Cc1nc(Nc2cccc(C(=O)NC3CCCCCCCCCCC3)c2)cc(-c2ccccc2)n1. The minimum atomic E-state index is 0.00888. The Labute approximate surface area is 209 Å². The summed E-state index contributed by atoms with van der Waals surface area (Å²) in [6.45, 7) is 1.89. The Bertz CT molecular complexity index is 1070. The fourth-order valence-electron chi connectivity index (χ4n) is 4.85. The lowest BCUT2D eigenvalue weighted by atomic mass is 9.97. The van der Waals surface area contributed by atoms with E-state index in [1.807, 2.05) is 67.6 Å². The number of benzene rings is 2. The van der Waals surface area contributed by atoms with Crippen LogP contribution in [0.25, 0.3) is 11.3 Å². The number of rotatable bonds is 5. The van der Waals surface area contributed by atoms with E-state index in [-0.39, 0.29) is 11.9 Å². The molecule has 35 heavy (non-hydrogen) atoms. The van der Waals surface area contributed by atoms with E-state index in [9.17, 15) is 4.79 Å². The van der Waals surface area contributed by atoms with E-state index in [1.165, 1.54) is 57.8 Å². The molecule has 0 unspecified atom stereocenters. The molecule has 1 aliphatic rings. The molecule has 1 saturated carbocycles. The van der Waals surface area contributed by atoms with Gasteiger partial charge in [0.05, 0.1) is 5.69 Å². The highest BCUT2D eigenvalue weighted by molar-refractivity contribution is 5.95. The molecular weight excluding hydrogens is 432 g/mol. The van der Waals surface area contributed by atoms with Crippen molar-refractivity contribution in [2.75, 3.05) is 5.32 Å². The van der Waals surface area contributed by atoms with Crippen molar-refractivity contribution in [1.82, 2.24) is 15.3 Å². The molecule has 0 atom stereocenters. The first kappa shape index (κ1) is 24.9. The average Bonchev–Trinajstić information content (AvgIpc) is 2.86. The van der Waals surface area contributed by atoms with Gasteiger partial charge in [-0.05, 0) is 38.0 Å². The third kappa shape index (κ3) is 7.91. The molecule has 5 nitrogen and oxygen atoms in total. The monoisotopic (exact) mass is 470 g/mol. The van der Waals surface area contributed by atoms with E-state index in [4.69, 9.17) is 0 Å². The van der Waals surface area contributed by atoms with Gasteiger partial charge in [0.1, 0.15) is 11.6 Å². The van der Waals surface area contributed by atoms with Crippen molar-refractivity contribution >= 4 is 17.4 Å². The lowest BCUT2D eigenvalue weighted by Gasteiger charge is -2.20. The van der Waals surface area contributed by atoms with Crippen molar-refractivity contribution in [3.63, 3.8) is 0 Å².